The maximum atomic E-state index is 12.5. The number of Topliss-reactive ketones (excluding diaryl/α,β-unsaturated/α-hetero) is 1. The van der Waals surface area contributed by atoms with Crippen molar-refractivity contribution in [2.75, 3.05) is 13.2 Å². The maximum Gasteiger partial charge on any atom is 0.407 e. The molecule has 0 radical (unpaired) electrons. The molecule has 0 aliphatic carbocycles. The summed E-state index contributed by atoms with van der Waals surface area (Å²) < 4.78 is 6.86. The van der Waals surface area contributed by atoms with Gasteiger partial charge in [-0.2, -0.15) is 5.26 Å². The second-order valence-corrected chi connectivity index (χ2v) is 7.43. The van der Waals surface area contributed by atoms with Gasteiger partial charge in [-0.15, -0.1) is 0 Å². The fourth-order valence-corrected chi connectivity index (χ4v) is 3.16. The minimum Gasteiger partial charge on any atom is -0.445 e. The highest BCUT2D eigenvalue weighted by Gasteiger charge is 2.20. The Morgan fingerprint density at radius 1 is 1.39 bits per heavy atom. The van der Waals surface area contributed by atoms with Gasteiger partial charge in [-0.05, 0) is 30.0 Å². The number of ketones is 1. The minimum atomic E-state index is -0.541. The first kappa shape index (κ1) is 23.8. The summed E-state index contributed by atoms with van der Waals surface area (Å²) in [5, 5.41) is 11.6. The Hall–Kier alpha value is -3.44. The number of nitrogens with zero attached hydrogens (tertiary/aromatic N) is 3. The molecule has 0 saturated carbocycles. The van der Waals surface area contributed by atoms with E-state index in [1.54, 1.807) is 24.7 Å². The molecule has 164 valence electrons. The van der Waals surface area contributed by atoms with Gasteiger partial charge in [-0.25, -0.2) is 9.78 Å². The minimum absolute atomic E-state index is 0.0220. The van der Waals surface area contributed by atoms with Gasteiger partial charge in [0, 0.05) is 43.9 Å². The Bertz CT molecular complexity index is 914. The fraction of sp³-hybridized carbons (Fsp3) is 0.391. The molecule has 0 aliphatic heterocycles. The SMILES string of the molecule is C=CCOC(=O)NC(CN)C(C)CCC(=O)Cc1cncn1Cc1ccc(C#N)cc1. The number of ether oxygens (including phenoxy) is 1. The molecule has 2 atom stereocenters. The predicted molar refractivity (Wildman–Crippen MR) is 117 cm³/mol. The number of hydrogen-bond acceptors (Lipinski definition) is 6. The van der Waals surface area contributed by atoms with Crippen LogP contribution in [0.15, 0.2) is 49.4 Å². The van der Waals surface area contributed by atoms with Crippen LogP contribution in [-0.2, 0) is 22.5 Å². The van der Waals surface area contributed by atoms with Gasteiger partial charge in [0.1, 0.15) is 12.4 Å². The van der Waals surface area contributed by atoms with Gasteiger partial charge in [0.25, 0.3) is 0 Å². The van der Waals surface area contributed by atoms with E-state index in [1.165, 1.54) is 6.08 Å². The number of carbonyl (C=O) groups excluding carboxylic acids is 2. The Balaban J connectivity index is 1.85. The Labute approximate surface area is 182 Å². The van der Waals surface area contributed by atoms with Crippen LogP contribution < -0.4 is 11.1 Å². The number of nitriles is 1. The summed E-state index contributed by atoms with van der Waals surface area (Å²) in [4.78, 5) is 28.4. The van der Waals surface area contributed by atoms with Gasteiger partial charge in [-0.3, -0.25) is 4.79 Å². The molecule has 8 nitrogen and oxygen atoms in total. The highest BCUT2D eigenvalue weighted by molar-refractivity contribution is 5.80. The molecule has 8 heteroatoms. The highest BCUT2D eigenvalue weighted by atomic mass is 16.5. The average Bonchev–Trinajstić information content (AvgIpc) is 3.21. The molecule has 0 saturated heterocycles. The zero-order valence-electron chi connectivity index (χ0n) is 17.8. The van der Waals surface area contributed by atoms with Crippen molar-refractivity contribution in [3.8, 4) is 6.07 Å². The van der Waals surface area contributed by atoms with Crippen LogP contribution in [0, 0.1) is 17.2 Å². The first-order chi connectivity index (χ1) is 15.0. The molecular weight excluding hydrogens is 394 g/mol. The molecule has 1 heterocycles. The zero-order chi connectivity index (χ0) is 22.6. The third-order valence-electron chi connectivity index (χ3n) is 5.07. The molecule has 2 rings (SSSR count). The molecule has 1 aromatic carbocycles. The molecule has 2 aromatic rings. The normalized spacial score (nSPS) is 12.4. The summed E-state index contributed by atoms with van der Waals surface area (Å²) in [6.45, 7) is 6.42. The smallest absolute Gasteiger partial charge is 0.407 e. The van der Waals surface area contributed by atoms with Crippen LogP contribution in [0.25, 0.3) is 0 Å². The number of carbonyl (C=O) groups is 2. The van der Waals surface area contributed by atoms with E-state index >= 15 is 0 Å². The highest BCUT2D eigenvalue weighted by Crippen LogP contribution is 2.14. The summed E-state index contributed by atoms with van der Waals surface area (Å²) in [5.74, 6) is 0.118. The zero-order valence-corrected chi connectivity index (χ0v) is 17.8. The molecule has 1 aromatic heterocycles. The third-order valence-corrected chi connectivity index (χ3v) is 5.07. The topological polar surface area (TPSA) is 123 Å². The van der Waals surface area contributed by atoms with E-state index in [0.29, 0.717) is 24.9 Å². The second-order valence-electron chi connectivity index (χ2n) is 7.43. The van der Waals surface area contributed by atoms with Crippen LogP contribution in [0.4, 0.5) is 4.79 Å². The van der Waals surface area contributed by atoms with E-state index < -0.39 is 6.09 Å². The van der Waals surface area contributed by atoms with Crippen molar-refractivity contribution in [3.05, 3.63) is 66.3 Å². The van der Waals surface area contributed by atoms with Gasteiger partial charge in [0.2, 0.25) is 0 Å². The Morgan fingerprint density at radius 3 is 2.77 bits per heavy atom. The van der Waals surface area contributed by atoms with Gasteiger partial charge >= 0.3 is 6.09 Å². The molecule has 1 amide bonds. The molecule has 2 unspecified atom stereocenters. The lowest BCUT2D eigenvalue weighted by Gasteiger charge is -2.23. The lowest BCUT2D eigenvalue weighted by molar-refractivity contribution is -0.118. The largest absolute Gasteiger partial charge is 0.445 e. The van der Waals surface area contributed by atoms with Crippen molar-refractivity contribution in [2.45, 2.75) is 38.8 Å². The summed E-state index contributed by atoms with van der Waals surface area (Å²) in [6, 6.07) is 9.16. The fourth-order valence-electron chi connectivity index (χ4n) is 3.16. The van der Waals surface area contributed by atoms with E-state index in [-0.39, 0.29) is 37.3 Å². The number of rotatable bonds is 12. The molecule has 0 bridgehead atoms. The van der Waals surface area contributed by atoms with Crippen molar-refractivity contribution in [1.29, 1.82) is 5.26 Å². The lowest BCUT2D eigenvalue weighted by Crippen LogP contribution is -2.44. The summed E-state index contributed by atoms with van der Waals surface area (Å²) in [5.41, 5.74) is 8.25. The molecule has 31 heavy (non-hydrogen) atoms. The summed E-state index contributed by atoms with van der Waals surface area (Å²) in [6.07, 6.45) is 5.61. The van der Waals surface area contributed by atoms with Gasteiger partial charge in [-0.1, -0.05) is 31.7 Å². The molecule has 3 N–H and O–H groups in total. The van der Waals surface area contributed by atoms with Crippen molar-refractivity contribution in [2.24, 2.45) is 11.7 Å². The third kappa shape index (κ3) is 7.72. The number of aromatic nitrogens is 2. The van der Waals surface area contributed by atoms with E-state index in [4.69, 9.17) is 15.7 Å². The van der Waals surface area contributed by atoms with Crippen molar-refractivity contribution in [1.82, 2.24) is 14.9 Å². The number of amides is 1. The van der Waals surface area contributed by atoms with Crippen molar-refractivity contribution < 1.29 is 14.3 Å². The standard InChI is InChI=1S/C23H29N5O3/c1-3-10-31-23(30)27-22(13-25)17(2)4-9-21(29)11-20-14-26-16-28(20)15-19-7-5-18(12-24)6-8-19/h3,5-8,14,16-17,22H,1,4,9-11,13,15,25H2,2H3,(H,27,30). The van der Waals surface area contributed by atoms with E-state index in [2.05, 4.69) is 22.9 Å². The average molecular weight is 424 g/mol. The Morgan fingerprint density at radius 2 is 2.13 bits per heavy atom. The van der Waals surface area contributed by atoms with Crippen LogP contribution in [0.3, 0.4) is 0 Å². The number of alkyl carbamates (subject to hydrolysis) is 1. The second kappa shape index (κ2) is 12.3. The number of hydrogen-bond donors (Lipinski definition) is 2. The number of imidazole rings is 1. The quantitative estimate of drug-likeness (QED) is 0.506. The lowest BCUT2D eigenvalue weighted by atomic mass is 9.94. The number of benzene rings is 1. The number of nitrogens with one attached hydrogen (secondary N) is 1. The molecule has 0 aliphatic rings. The van der Waals surface area contributed by atoms with Crippen molar-refractivity contribution >= 4 is 11.9 Å². The molecule has 0 fully saturated rings. The molecule has 0 spiro atoms. The Kier molecular flexibility index (Phi) is 9.46. The van der Waals surface area contributed by atoms with E-state index in [9.17, 15) is 9.59 Å². The van der Waals surface area contributed by atoms with Gasteiger partial charge in [0.05, 0.1) is 18.0 Å². The number of nitrogens with two attached hydrogens (primary N) is 1. The van der Waals surface area contributed by atoms with Crippen LogP contribution in [0.2, 0.25) is 0 Å². The van der Waals surface area contributed by atoms with Crippen LogP contribution in [-0.4, -0.2) is 40.6 Å². The van der Waals surface area contributed by atoms with Crippen LogP contribution >= 0.6 is 0 Å². The van der Waals surface area contributed by atoms with E-state index in [1.807, 2.05) is 23.6 Å². The summed E-state index contributed by atoms with van der Waals surface area (Å²) >= 11 is 0. The van der Waals surface area contributed by atoms with Crippen molar-refractivity contribution in [3.63, 3.8) is 0 Å². The van der Waals surface area contributed by atoms with Crippen LogP contribution in [0.1, 0.15) is 36.6 Å². The predicted octanol–water partition coefficient (Wildman–Crippen LogP) is 2.57. The van der Waals surface area contributed by atoms with Crippen LogP contribution in [0.5, 0.6) is 0 Å². The maximum absolute atomic E-state index is 12.5. The monoisotopic (exact) mass is 423 g/mol. The first-order valence-electron chi connectivity index (χ1n) is 10.2. The summed E-state index contributed by atoms with van der Waals surface area (Å²) in [7, 11) is 0. The van der Waals surface area contributed by atoms with Gasteiger partial charge < -0.3 is 20.4 Å². The van der Waals surface area contributed by atoms with E-state index in [0.717, 1.165) is 11.3 Å². The molecular formula is C23H29N5O3. The van der Waals surface area contributed by atoms with Gasteiger partial charge in [0.15, 0.2) is 0 Å². The first-order valence-corrected chi connectivity index (χ1v) is 10.2.